The highest BCUT2D eigenvalue weighted by molar-refractivity contribution is 7.86. The second kappa shape index (κ2) is 6.85. The second-order valence-electron chi connectivity index (χ2n) is 6.25. The zero-order valence-electron chi connectivity index (χ0n) is 13.3. The van der Waals surface area contributed by atoms with Crippen LogP contribution in [-0.4, -0.2) is 14.5 Å². The van der Waals surface area contributed by atoms with Crippen LogP contribution in [0.25, 0.3) is 0 Å². The molecule has 0 saturated heterocycles. The highest BCUT2D eigenvalue weighted by Gasteiger charge is 2.27. The smallest absolute Gasteiger partial charge is 0.263 e. The highest BCUT2D eigenvalue weighted by atomic mass is 32.2. The zero-order chi connectivity index (χ0) is 16.3. The second-order valence-corrected chi connectivity index (χ2v) is 7.82. The topological polar surface area (TPSA) is 43.4 Å². The molecule has 122 valence electrons. The van der Waals surface area contributed by atoms with Gasteiger partial charge in [-0.15, -0.1) is 0 Å². The lowest BCUT2D eigenvalue weighted by atomic mass is 9.83. The molecule has 0 heterocycles. The Hall–Kier alpha value is -1.65. The van der Waals surface area contributed by atoms with E-state index in [4.69, 9.17) is 4.18 Å². The van der Waals surface area contributed by atoms with Crippen molar-refractivity contribution in [1.29, 1.82) is 0 Å². The summed E-state index contributed by atoms with van der Waals surface area (Å²) < 4.78 is 30.1. The van der Waals surface area contributed by atoms with Crippen LogP contribution in [0.4, 0.5) is 0 Å². The minimum atomic E-state index is -3.66. The number of benzene rings is 2. The summed E-state index contributed by atoms with van der Waals surface area (Å²) in [6.45, 7) is 1.93. The van der Waals surface area contributed by atoms with E-state index in [1.54, 1.807) is 24.3 Å². The van der Waals surface area contributed by atoms with Crippen LogP contribution in [0.5, 0.6) is 0 Å². The molecule has 0 amide bonds. The van der Waals surface area contributed by atoms with Crippen LogP contribution < -0.4 is 0 Å². The predicted octanol–water partition coefficient (Wildman–Crippen LogP) is 4.43. The summed E-state index contributed by atoms with van der Waals surface area (Å²) in [5.74, 6) is 0.512. The van der Waals surface area contributed by atoms with Crippen LogP contribution in [0, 0.1) is 6.92 Å². The summed E-state index contributed by atoms with van der Waals surface area (Å²) in [7, 11) is -3.66. The summed E-state index contributed by atoms with van der Waals surface area (Å²) in [6, 6.07) is 17.2. The highest BCUT2D eigenvalue weighted by Crippen LogP contribution is 2.35. The molecule has 1 saturated carbocycles. The van der Waals surface area contributed by atoms with Gasteiger partial charge >= 0.3 is 0 Å². The molecule has 0 bridgehead atoms. The van der Waals surface area contributed by atoms with Crippen LogP contribution in [0.2, 0.25) is 0 Å². The molecule has 0 unspecified atom stereocenters. The minimum absolute atomic E-state index is 0.207. The number of aryl methyl sites for hydroxylation is 1. The maximum absolute atomic E-state index is 12.3. The fourth-order valence-electron chi connectivity index (χ4n) is 3.16. The number of hydrogen-bond acceptors (Lipinski definition) is 3. The van der Waals surface area contributed by atoms with Gasteiger partial charge in [0.2, 0.25) is 0 Å². The molecular formula is C19H22O3S. The zero-order valence-corrected chi connectivity index (χ0v) is 14.1. The molecule has 1 aliphatic carbocycles. The number of hydrogen-bond donors (Lipinski definition) is 0. The van der Waals surface area contributed by atoms with E-state index in [9.17, 15) is 8.42 Å². The molecule has 0 N–H and O–H groups in total. The number of rotatable bonds is 4. The van der Waals surface area contributed by atoms with Gasteiger partial charge in [-0.1, -0.05) is 48.0 Å². The normalized spacial score (nSPS) is 22.0. The Kier molecular flexibility index (Phi) is 4.83. The summed E-state index contributed by atoms with van der Waals surface area (Å²) >= 11 is 0. The van der Waals surface area contributed by atoms with E-state index < -0.39 is 10.1 Å². The lowest BCUT2D eigenvalue weighted by Gasteiger charge is -2.28. The summed E-state index contributed by atoms with van der Waals surface area (Å²) in [5.41, 5.74) is 2.37. The van der Waals surface area contributed by atoms with Crippen molar-refractivity contribution in [3.05, 3.63) is 65.7 Å². The molecule has 0 aromatic heterocycles. The van der Waals surface area contributed by atoms with Crippen LogP contribution >= 0.6 is 0 Å². The van der Waals surface area contributed by atoms with Crippen LogP contribution in [0.3, 0.4) is 0 Å². The van der Waals surface area contributed by atoms with E-state index in [0.717, 1.165) is 31.2 Å². The molecule has 0 spiro atoms. The molecule has 2 aromatic carbocycles. The lowest BCUT2D eigenvalue weighted by Crippen LogP contribution is -2.24. The third-order valence-corrected chi connectivity index (χ3v) is 5.89. The molecule has 2 aromatic rings. The van der Waals surface area contributed by atoms with Crippen molar-refractivity contribution in [3.8, 4) is 0 Å². The summed E-state index contributed by atoms with van der Waals surface area (Å²) in [4.78, 5) is 0.244. The fraction of sp³-hybridized carbons (Fsp3) is 0.368. The van der Waals surface area contributed by atoms with Gasteiger partial charge in [0.25, 0.3) is 10.1 Å². The van der Waals surface area contributed by atoms with E-state index in [1.165, 1.54) is 5.56 Å². The first-order valence-corrected chi connectivity index (χ1v) is 9.50. The van der Waals surface area contributed by atoms with Gasteiger partial charge in [-0.05, 0) is 56.2 Å². The maximum atomic E-state index is 12.3. The monoisotopic (exact) mass is 330 g/mol. The van der Waals surface area contributed by atoms with Gasteiger partial charge in [-0.3, -0.25) is 4.18 Å². The van der Waals surface area contributed by atoms with Crippen molar-refractivity contribution in [2.45, 2.75) is 49.5 Å². The Balaban J connectivity index is 1.61. The van der Waals surface area contributed by atoms with E-state index in [1.807, 2.05) is 13.0 Å². The van der Waals surface area contributed by atoms with Gasteiger partial charge in [-0.2, -0.15) is 8.42 Å². The van der Waals surface area contributed by atoms with Crippen molar-refractivity contribution in [1.82, 2.24) is 0 Å². The molecular weight excluding hydrogens is 308 g/mol. The average Bonchev–Trinajstić information content (AvgIpc) is 2.56. The average molecular weight is 330 g/mol. The fourth-order valence-corrected chi connectivity index (χ4v) is 4.29. The van der Waals surface area contributed by atoms with E-state index >= 15 is 0 Å². The molecule has 3 nitrogen and oxygen atoms in total. The third kappa shape index (κ3) is 4.01. The molecule has 0 aliphatic heterocycles. The Bertz CT molecular complexity index is 728. The molecule has 0 atom stereocenters. The van der Waals surface area contributed by atoms with Gasteiger partial charge in [0.1, 0.15) is 0 Å². The lowest BCUT2D eigenvalue weighted by molar-refractivity contribution is 0.153. The van der Waals surface area contributed by atoms with Crippen molar-refractivity contribution < 1.29 is 12.6 Å². The predicted molar refractivity (Wildman–Crippen MR) is 90.9 cm³/mol. The molecule has 23 heavy (non-hydrogen) atoms. The van der Waals surface area contributed by atoms with Gasteiger partial charge in [-0.25, -0.2) is 0 Å². The first-order valence-electron chi connectivity index (χ1n) is 8.09. The molecule has 0 radical (unpaired) electrons. The van der Waals surface area contributed by atoms with Crippen molar-refractivity contribution in [2.24, 2.45) is 0 Å². The Labute approximate surface area is 138 Å². The Morgan fingerprint density at radius 1 is 0.870 bits per heavy atom. The van der Waals surface area contributed by atoms with Crippen molar-refractivity contribution in [3.63, 3.8) is 0 Å². The van der Waals surface area contributed by atoms with Crippen molar-refractivity contribution >= 4 is 10.1 Å². The first kappa shape index (κ1) is 16.2. The van der Waals surface area contributed by atoms with E-state index in [0.29, 0.717) is 5.92 Å². The molecule has 1 aliphatic rings. The van der Waals surface area contributed by atoms with Crippen LogP contribution in [0.1, 0.15) is 42.7 Å². The van der Waals surface area contributed by atoms with Gasteiger partial charge in [0.05, 0.1) is 11.0 Å². The van der Waals surface area contributed by atoms with Gasteiger partial charge in [0, 0.05) is 0 Å². The molecule has 4 heteroatoms. The Morgan fingerprint density at radius 3 is 2.09 bits per heavy atom. The van der Waals surface area contributed by atoms with Crippen LogP contribution in [-0.2, 0) is 14.3 Å². The molecule has 1 fully saturated rings. The third-order valence-electron chi connectivity index (χ3n) is 4.52. The maximum Gasteiger partial charge on any atom is 0.297 e. The quantitative estimate of drug-likeness (QED) is 0.779. The van der Waals surface area contributed by atoms with Crippen molar-refractivity contribution in [2.75, 3.05) is 0 Å². The standard InChI is InChI=1S/C19H22O3S/c1-15-7-13-19(14-8-15)23(20,21)22-18-11-9-17(10-12-18)16-5-3-2-4-6-16/h2-8,13-14,17-18H,9-12H2,1H3. The Morgan fingerprint density at radius 2 is 1.48 bits per heavy atom. The van der Waals surface area contributed by atoms with Gasteiger partial charge in [0.15, 0.2) is 0 Å². The summed E-state index contributed by atoms with van der Waals surface area (Å²) in [5, 5.41) is 0. The SMILES string of the molecule is Cc1ccc(S(=O)(=O)OC2CCC(c3ccccc3)CC2)cc1. The summed E-state index contributed by atoms with van der Waals surface area (Å²) in [6.07, 6.45) is 3.30. The largest absolute Gasteiger partial charge is 0.297 e. The van der Waals surface area contributed by atoms with Gasteiger partial charge < -0.3 is 0 Å². The van der Waals surface area contributed by atoms with Crippen LogP contribution in [0.15, 0.2) is 59.5 Å². The molecule has 3 rings (SSSR count). The first-order chi connectivity index (χ1) is 11.0. The minimum Gasteiger partial charge on any atom is -0.263 e. The van der Waals surface area contributed by atoms with E-state index in [2.05, 4.69) is 24.3 Å². The van der Waals surface area contributed by atoms with E-state index in [-0.39, 0.29) is 11.0 Å².